The standard InChI is InChI=1S/C20H24N2O4S/c1-13-10-14(20(2,3)4)7-8-16(13)25-12-15(23)11-22-19(24)26-18(21-22)17-6-5-9-27-17/h5-10,15,23H,11-12H2,1-4H3/t15-/m1/s1. The molecule has 0 bridgehead atoms. The molecule has 27 heavy (non-hydrogen) atoms. The highest BCUT2D eigenvalue weighted by molar-refractivity contribution is 7.13. The Morgan fingerprint density at radius 3 is 2.74 bits per heavy atom. The maximum Gasteiger partial charge on any atom is 0.437 e. The van der Waals surface area contributed by atoms with Gasteiger partial charge in [0.1, 0.15) is 18.5 Å². The summed E-state index contributed by atoms with van der Waals surface area (Å²) >= 11 is 1.43. The summed E-state index contributed by atoms with van der Waals surface area (Å²) in [5, 5.41) is 16.3. The lowest BCUT2D eigenvalue weighted by molar-refractivity contribution is 0.0872. The van der Waals surface area contributed by atoms with E-state index in [0.29, 0.717) is 5.75 Å². The number of benzene rings is 1. The van der Waals surface area contributed by atoms with Crippen LogP contribution in [0.25, 0.3) is 10.8 Å². The maximum absolute atomic E-state index is 11.9. The molecule has 0 saturated heterocycles. The first-order chi connectivity index (χ1) is 12.7. The predicted molar refractivity (Wildman–Crippen MR) is 105 cm³/mol. The first-order valence-electron chi connectivity index (χ1n) is 8.78. The first kappa shape index (κ1) is 19.4. The second kappa shape index (κ2) is 7.70. The number of hydrogen-bond acceptors (Lipinski definition) is 6. The van der Waals surface area contributed by atoms with E-state index in [9.17, 15) is 9.90 Å². The highest BCUT2D eigenvalue weighted by atomic mass is 32.1. The number of rotatable bonds is 6. The fourth-order valence-corrected chi connectivity index (χ4v) is 3.28. The average Bonchev–Trinajstić information content (AvgIpc) is 3.23. The van der Waals surface area contributed by atoms with Crippen LogP contribution in [0.2, 0.25) is 0 Å². The van der Waals surface area contributed by atoms with Gasteiger partial charge in [-0.1, -0.05) is 39.0 Å². The Morgan fingerprint density at radius 2 is 2.11 bits per heavy atom. The minimum absolute atomic E-state index is 0.00678. The maximum atomic E-state index is 11.9. The van der Waals surface area contributed by atoms with Crippen LogP contribution in [0.15, 0.2) is 44.9 Å². The lowest BCUT2D eigenvalue weighted by Gasteiger charge is -2.21. The van der Waals surface area contributed by atoms with Crippen molar-refractivity contribution in [2.45, 2.75) is 45.8 Å². The van der Waals surface area contributed by atoms with Crippen molar-refractivity contribution in [1.82, 2.24) is 9.78 Å². The predicted octanol–water partition coefficient (Wildman–Crippen LogP) is 3.61. The zero-order valence-electron chi connectivity index (χ0n) is 15.9. The normalized spacial score (nSPS) is 12.9. The van der Waals surface area contributed by atoms with Crippen molar-refractivity contribution < 1.29 is 14.3 Å². The zero-order chi connectivity index (χ0) is 19.6. The molecule has 7 heteroatoms. The summed E-state index contributed by atoms with van der Waals surface area (Å²) in [6.45, 7) is 8.52. The summed E-state index contributed by atoms with van der Waals surface area (Å²) in [6, 6.07) is 9.72. The van der Waals surface area contributed by atoms with Gasteiger partial charge in [0.25, 0.3) is 5.89 Å². The van der Waals surface area contributed by atoms with Crippen LogP contribution in [0, 0.1) is 6.92 Å². The van der Waals surface area contributed by atoms with Gasteiger partial charge in [-0.15, -0.1) is 16.4 Å². The minimum Gasteiger partial charge on any atom is -0.491 e. The third-order valence-corrected chi connectivity index (χ3v) is 5.05. The van der Waals surface area contributed by atoms with Gasteiger partial charge in [-0.3, -0.25) is 0 Å². The van der Waals surface area contributed by atoms with E-state index in [4.69, 9.17) is 9.15 Å². The second-order valence-electron chi connectivity index (χ2n) is 7.53. The topological polar surface area (TPSA) is 77.5 Å². The molecule has 3 rings (SSSR count). The molecule has 3 aromatic rings. The molecule has 0 amide bonds. The molecule has 0 radical (unpaired) electrons. The van der Waals surface area contributed by atoms with Gasteiger partial charge in [-0.2, -0.15) is 4.68 Å². The van der Waals surface area contributed by atoms with E-state index < -0.39 is 11.9 Å². The highest BCUT2D eigenvalue weighted by Crippen LogP contribution is 2.27. The summed E-state index contributed by atoms with van der Waals surface area (Å²) in [7, 11) is 0. The van der Waals surface area contributed by atoms with Crippen molar-refractivity contribution in [3.8, 4) is 16.5 Å². The quantitative estimate of drug-likeness (QED) is 0.698. The van der Waals surface area contributed by atoms with Crippen molar-refractivity contribution in [2.24, 2.45) is 0 Å². The van der Waals surface area contributed by atoms with Gasteiger partial charge in [-0.05, 0) is 41.0 Å². The molecule has 6 nitrogen and oxygen atoms in total. The van der Waals surface area contributed by atoms with Crippen LogP contribution in [-0.2, 0) is 12.0 Å². The molecule has 0 aliphatic carbocycles. The number of ether oxygens (including phenoxy) is 1. The molecule has 0 unspecified atom stereocenters. The van der Waals surface area contributed by atoms with Crippen LogP contribution in [-0.4, -0.2) is 27.6 Å². The van der Waals surface area contributed by atoms with Gasteiger partial charge in [-0.25, -0.2) is 4.79 Å². The molecular formula is C20H24N2O4S. The van der Waals surface area contributed by atoms with E-state index in [-0.39, 0.29) is 24.5 Å². The van der Waals surface area contributed by atoms with Crippen molar-refractivity contribution in [3.05, 3.63) is 57.4 Å². The highest BCUT2D eigenvalue weighted by Gasteiger charge is 2.17. The van der Waals surface area contributed by atoms with E-state index in [0.717, 1.165) is 15.1 Å². The smallest absolute Gasteiger partial charge is 0.437 e. The SMILES string of the molecule is Cc1cc(C(C)(C)C)ccc1OC[C@H](O)Cn1nc(-c2cccs2)oc1=O. The average molecular weight is 388 g/mol. The Hall–Kier alpha value is -2.38. The number of nitrogens with zero attached hydrogens (tertiary/aromatic N) is 2. The molecule has 0 aliphatic heterocycles. The molecule has 0 aliphatic rings. The molecule has 0 fully saturated rings. The zero-order valence-corrected chi connectivity index (χ0v) is 16.7. The van der Waals surface area contributed by atoms with Gasteiger partial charge < -0.3 is 14.3 Å². The molecule has 1 aromatic carbocycles. The fourth-order valence-electron chi connectivity index (χ4n) is 2.64. The van der Waals surface area contributed by atoms with Crippen molar-refractivity contribution >= 4 is 11.3 Å². The largest absolute Gasteiger partial charge is 0.491 e. The van der Waals surface area contributed by atoms with Gasteiger partial charge in [0.15, 0.2) is 0 Å². The number of aliphatic hydroxyl groups is 1. The van der Waals surface area contributed by atoms with Crippen LogP contribution in [0.4, 0.5) is 0 Å². The lowest BCUT2D eigenvalue weighted by Crippen LogP contribution is -2.29. The Labute approximate surface area is 162 Å². The van der Waals surface area contributed by atoms with Crippen molar-refractivity contribution in [3.63, 3.8) is 0 Å². The Kier molecular flexibility index (Phi) is 5.53. The molecular weight excluding hydrogens is 364 g/mol. The summed E-state index contributed by atoms with van der Waals surface area (Å²) < 4.78 is 12.0. The summed E-state index contributed by atoms with van der Waals surface area (Å²) in [6.07, 6.45) is -0.884. The number of aliphatic hydroxyl groups excluding tert-OH is 1. The summed E-state index contributed by atoms with van der Waals surface area (Å²) in [4.78, 5) is 12.7. The number of aromatic nitrogens is 2. The van der Waals surface area contributed by atoms with E-state index in [2.05, 4.69) is 31.9 Å². The molecule has 1 atom stereocenters. The van der Waals surface area contributed by atoms with Gasteiger partial charge in [0, 0.05) is 0 Å². The van der Waals surface area contributed by atoms with Crippen LogP contribution >= 0.6 is 11.3 Å². The van der Waals surface area contributed by atoms with Gasteiger partial charge in [0.05, 0.1) is 11.4 Å². The third kappa shape index (κ3) is 4.67. The summed E-state index contributed by atoms with van der Waals surface area (Å²) in [5.41, 5.74) is 2.30. The van der Waals surface area contributed by atoms with E-state index in [1.165, 1.54) is 16.9 Å². The first-order valence-corrected chi connectivity index (χ1v) is 9.66. The molecule has 0 spiro atoms. The number of thiophene rings is 1. The van der Waals surface area contributed by atoms with Gasteiger partial charge >= 0.3 is 5.76 Å². The van der Waals surface area contributed by atoms with Crippen LogP contribution in [0.5, 0.6) is 5.75 Å². The minimum atomic E-state index is -0.884. The molecule has 144 valence electrons. The number of aryl methyl sites for hydroxylation is 1. The van der Waals surface area contributed by atoms with Gasteiger partial charge in [0.2, 0.25) is 0 Å². The molecule has 2 heterocycles. The van der Waals surface area contributed by atoms with Crippen molar-refractivity contribution in [1.29, 1.82) is 0 Å². The van der Waals surface area contributed by atoms with Crippen LogP contribution < -0.4 is 10.5 Å². The molecule has 1 N–H and O–H groups in total. The van der Waals surface area contributed by atoms with Crippen molar-refractivity contribution in [2.75, 3.05) is 6.61 Å². The summed E-state index contributed by atoms with van der Waals surface area (Å²) in [5.74, 6) is 0.383. The van der Waals surface area contributed by atoms with Crippen LogP contribution in [0.1, 0.15) is 31.9 Å². The third-order valence-electron chi connectivity index (χ3n) is 4.19. The Balaban J connectivity index is 1.62. The second-order valence-corrected chi connectivity index (χ2v) is 8.48. The Bertz CT molecular complexity index is 951. The van der Waals surface area contributed by atoms with Crippen LogP contribution in [0.3, 0.4) is 0 Å². The van der Waals surface area contributed by atoms with E-state index in [1.54, 1.807) is 0 Å². The van der Waals surface area contributed by atoms with E-state index in [1.807, 2.05) is 36.6 Å². The monoisotopic (exact) mass is 388 g/mol. The number of hydrogen-bond donors (Lipinski definition) is 1. The van der Waals surface area contributed by atoms with E-state index >= 15 is 0 Å². The molecule has 0 saturated carbocycles. The fraction of sp³-hybridized carbons (Fsp3) is 0.400. The Morgan fingerprint density at radius 1 is 1.33 bits per heavy atom. The lowest BCUT2D eigenvalue weighted by atomic mass is 9.86. The molecule has 2 aromatic heterocycles.